The predicted molar refractivity (Wildman–Crippen MR) is 120 cm³/mol. The van der Waals surface area contributed by atoms with Crippen LogP contribution >= 0.6 is 11.6 Å². The standard InChI is InChI=1S/C24H21ClN4O2/c25-21-5-3-16(4-6-21)23-20(13-27-28-23)15-29-8-9-31-24-19(14-29)10-18(11-22(24)30)17-2-1-7-26-12-17/h1-7,10-13,30H,8-9,14-15H2,(H,27,28). The van der Waals surface area contributed by atoms with Crippen molar-refractivity contribution >= 4 is 11.6 Å². The Kier molecular flexibility index (Phi) is 5.32. The third-order valence-electron chi connectivity index (χ3n) is 5.43. The molecule has 2 N–H and O–H groups in total. The molecule has 7 heteroatoms. The van der Waals surface area contributed by atoms with Crippen molar-refractivity contribution in [3.8, 4) is 33.9 Å². The Hall–Kier alpha value is -3.35. The topological polar surface area (TPSA) is 74.3 Å². The number of pyridine rings is 1. The Labute approximate surface area is 185 Å². The van der Waals surface area contributed by atoms with Crippen molar-refractivity contribution in [1.82, 2.24) is 20.1 Å². The summed E-state index contributed by atoms with van der Waals surface area (Å²) in [6, 6.07) is 15.4. The quantitative estimate of drug-likeness (QED) is 0.480. The van der Waals surface area contributed by atoms with Crippen LogP contribution in [0, 0.1) is 0 Å². The zero-order valence-electron chi connectivity index (χ0n) is 16.8. The Morgan fingerprint density at radius 1 is 1.06 bits per heavy atom. The van der Waals surface area contributed by atoms with Crippen LogP contribution in [0.1, 0.15) is 11.1 Å². The largest absolute Gasteiger partial charge is 0.504 e. The van der Waals surface area contributed by atoms with E-state index in [0.29, 0.717) is 30.5 Å². The number of hydrogen-bond donors (Lipinski definition) is 2. The minimum Gasteiger partial charge on any atom is -0.504 e. The maximum absolute atomic E-state index is 10.6. The lowest BCUT2D eigenvalue weighted by atomic mass is 10.0. The number of nitrogens with zero attached hydrogens (tertiary/aromatic N) is 3. The molecule has 0 saturated heterocycles. The van der Waals surface area contributed by atoms with Gasteiger partial charge in [0.15, 0.2) is 11.5 Å². The zero-order valence-corrected chi connectivity index (χ0v) is 17.5. The number of aromatic amines is 1. The number of H-pyrrole nitrogens is 1. The number of halogens is 1. The van der Waals surface area contributed by atoms with Gasteiger partial charge >= 0.3 is 0 Å². The number of phenolic OH excluding ortho intramolecular Hbond substituents is 1. The summed E-state index contributed by atoms with van der Waals surface area (Å²) in [7, 11) is 0. The number of fused-ring (bicyclic) bond motifs is 1. The number of hydrogen-bond acceptors (Lipinski definition) is 5. The van der Waals surface area contributed by atoms with E-state index in [1.807, 2.05) is 42.6 Å². The van der Waals surface area contributed by atoms with Crippen LogP contribution in [0.25, 0.3) is 22.4 Å². The summed E-state index contributed by atoms with van der Waals surface area (Å²) in [5.74, 6) is 0.712. The Balaban J connectivity index is 1.42. The average molecular weight is 433 g/mol. The third-order valence-corrected chi connectivity index (χ3v) is 5.69. The molecule has 4 aromatic rings. The van der Waals surface area contributed by atoms with E-state index in [1.54, 1.807) is 18.5 Å². The normalized spacial score (nSPS) is 14.0. The highest BCUT2D eigenvalue weighted by atomic mass is 35.5. The predicted octanol–water partition coefficient (Wildman–Crippen LogP) is 4.89. The van der Waals surface area contributed by atoms with E-state index in [9.17, 15) is 5.11 Å². The van der Waals surface area contributed by atoms with Gasteiger partial charge in [-0.3, -0.25) is 15.0 Å². The van der Waals surface area contributed by atoms with Gasteiger partial charge in [-0.1, -0.05) is 29.8 Å². The lowest BCUT2D eigenvalue weighted by Crippen LogP contribution is -2.25. The molecule has 0 atom stereocenters. The Morgan fingerprint density at radius 3 is 2.74 bits per heavy atom. The first-order valence-corrected chi connectivity index (χ1v) is 10.4. The smallest absolute Gasteiger partial charge is 0.165 e. The average Bonchev–Trinajstić information content (AvgIpc) is 3.14. The van der Waals surface area contributed by atoms with Gasteiger partial charge in [0.25, 0.3) is 0 Å². The summed E-state index contributed by atoms with van der Waals surface area (Å²) in [6.45, 7) is 2.60. The summed E-state index contributed by atoms with van der Waals surface area (Å²) in [6.07, 6.45) is 5.39. The lowest BCUT2D eigenvalue weighted by Gasteiger charge is -2.19. The molecule has 2 aromatic carbocycles. The minimum absolute atomic E-state index is 0.156. The van der Waals surface area contributed by atoms with Crippen molar-refractivity contribution in [2.75, 3.05) is 13.2 Å². The van der Waals surface area contributed by atoms with Crippen LogP contribution in [0.3, 0.4) is 0 Å². The van der Waals surface area contributed by atoms with Crippen LogP contribution in [-0.4, -0.2) is 38.3 Å². The van der Waals surface area contributed by atoms with Crippen molar-refractivity contribution in [3.63, 3.8) is 0 Å². The molecule has 0 amide bonds. The first kappa shape index (κ1) is 19.6. The molecule has 2 aromatic heterocycles. The van der Waals surface area contributed by atoms with E-state index in [2.05, 4.69) is 26.1 Å². The van der Waals surface area contributed by atoms with Gasteiger partial charge < -0.3 is 9.84 Å². The number of benzene rings is 2. The Morgan fingerprint density at radius 2 is 1.94 bits per heavy atom. The van der Waals surface area contributed by atoms with Gasteiger partial charge in [-0.2, -0.15) is 5.10 Å². The molecule has 3 heterocycles. The summed E-state index contributed by atoms with van der Waals surface area (Å²) >= 11 is 6.03. The van der Waals surface area contributed by atoms with Gasteiger partial charge in [-0.15, -0.1) is 0 Å². The highest BCUT2D eigenvalue weighted by molar-refractivity contribution is 6.30. The molecule has 5 rings (SSSR count). The van der Waals surface area contributed by atoms with Crippen LogP contribution in [0.4, 0.5) is 0 Å². The first-order valence-electron chi connectivity index (χ1n) is 10.1. The summed E-state index contributed by atoms with van der Waals surface area (Å²) in [4.78, 5) is 6.48. The molecule has 31 heavy (non-hydrogen) atoms. The van der Waals surface area contributed by atoms with Crippen molar-refractivity contribution in [2.45, 2.75) is 13.1 Å². The molecule has 0 saturated carbocycles. The number of phenols is 1. The first-order chi connectivity index (χ1) is 15.2. The van der Waals surface area contributed by atoms with Crippen LogP contribution in [0.5, 0.6) is 11.5 Å². The molecule has 0 radical (unpaired) electrons. The van der Waals surface area contributed by atoms with Crippen molar-refractivity contribution < 1.29 is 9.84 Å². The SMILES string of the molecule is Oc1cc(-c2cccnc2)cc2c1OCCN(Cc1cn[nH]c1-c1ccc(Cl)cc1)C2. The van der Waals surface area contributed by atoms with Crippen molar-refractivity contribution in [1.29, 1.82) is 0 Å². The summed E-state index contributed by atoms with van der Waals surface area (Å²) in [5.41, 5.74) is 5.94. The molecule has 1 aliphatic heterocycles. The molecular formula is C24H21ClN4O2. The second kappa shape index (κ2) is 8.41. The number of nitrogens with one attached hydrogen (secondary N) is 1. The van der Waals surface area contributed by atoms with E-state index in [-0.39, 0.29) is 5.75 Å². The van der Waals surface area contributed by atoms with Crippen LogP contribution in [0.15, 0.2) is 67.1 Å². The molecule has 0 aliphatic carbocycles. The highest BCUT2D eigenvalue weighted by Gasteiger charge is 2.21. The van der Waals surface area contributed by atoms with Crippen LogP contribution < -0.4 is 4.74 Å². The summed E-state index contributed by atoms with van der Waals surface area (Å²) < 4.78 is 5.90. The summed E-state index contributed by atoms with van der Waals surface area (Å²) in [5, 5.41) is 18.7. The van der Waals surface area contributed by atoms with Crippen molar-refractivity contribution in [3.05, 3.63) is 83.3 Å². The van der Waals surface area contributed by atoms with Gasteiger partial charge in [0.05, 0.1) is 11.9 Å². The van der Waals surface area contributed by atoms with Gasteiger partial charge in [-0.25, -0.2) is 0 Å². The monoisotopic (exact) mass is 432 g/mol. The number of aromatic nitrogens is 3. The van der Waals surface area contributed by atoms with E-state index in [4.69, 9.17) is 16.3 Å². The molecule has 6 nitrogen and oxygen atoms in total. The molecule has 0 spiro atoms. The van der Waals surface area contributed by atoms with E-state index >= 15 is 0 Å². The zero-order chi connectivity index (χ0) is 21.2. The molecule has 1 aliphatic rings. The molecule has 0 bridgehead atoms. The fraction of sp³-hybridized carbons (Fsp3) is 0.167. The minimum atomic E-state index is 0.156. The van der Waals surface area contributed by atoms with Crippen molar-refractivity contribution in [2.24, 2.45) is 0 Å². The van der Waals surface area contributed by atoms with E-state index in [1.165, 1.54) is 0 Å². The maximum atomic E-state index is 10.6. The lowest BCUT2D eigenvalue weighted by molar-refractivity contribution is 0.217. The third kappa shape index (κ3) is 4.13. The van der Waals surface area contributed by atoms with Gasteiger partial charge in [0, 0.05) is 53.7 Å². The highest BCUT2D eigenvalue weighted by Crippen LogP contribution is 2.38. The molecule has 0 unspecified atom stereocenters. The van der Waals surface area contributed by atoms with Crippen LogP contribution in [-0.2, 0) is 13.1 Å². The number of aromatic hydroxyl groups is 1. The molecule has 156 valence electrons. The second-order valence-electron chi connectivity index (χ2n) is 7.56. The molecular weight excluding hydrogens is 412 g/mol. The Bertz CT molecular complexity index is 1190. The van der Waals surface area contributed by atoms with E-state index < -0.39 is 0 Å². The fourth-order valence-corrected chi connectivity index (χ4v) is 4.05. The molecule has 0 fully saturated rings. The number of ether oxygens (including phenoxy) is 1. The van der Waals surface area contributed by atoms with E-state index in [0.717, 1.165) is 40.1 Å². The van der Waals surface area contributed by atoms with Gasteiger partial charge in [0.2, 0.25) is 0 Å². The maximum Gasteiger partial charge on any atom is 0.165 e. The van der Waals surface area contributed by atoms with Crippen LogP contribution in [0.2, 0.25) is 5.02 Å². The fourth-order valence-electron chi connectivity index (χ4n) is 3.93. The number of rotatable bonds is 4. The van der Waals surface area contributed by atoms with Gasteiger partial charge in [0.1, 0.15) is 6.61 Å². The van der Waals surface area contributed by atoms with Gasteiger partial charge in [-0.05, 0) is 41.5 Å². The second-order valence-corrected chi connectivity index (χ2v) is 8.00.